The molecule has 0 aliphatic heterocycles. The quantitative estimate of drug-likeness (QED) is 0.314. The van der Waals surface area contributed by atoms with E-state index in [-0.39, 0.29) is 36.0 Å². The molecule has 5 nitrogen and oxygen atoms in total. The number of hydrogen-bond acceptors (Lipinski definition) is 4. The Bertz CT molecular complexity index is 1280. The number of aromatic nitrogens is 1. The Kier molecular flexibility index (Phi) is 7.81. The Labute approximate surface area is 216 Å². The van der Waals surface area contributed by atoms with Crippen LogP contribution in [0.5, 0.6) is 11.6 Å². The number of hydrogen-bond donors (Lipinski definition) is 1. The lowest BCUT2D eigenvalue weighted by atomic mass is 9.84. The first-order valence-corrected chi connectivity index (χ1v) is 12.5. The summed E-state index contributed by atoms with van der Waals surface area (Å²) in [5.74, 6) is -1.61. The van der Waals surface area contributed by atoms with Crippen molar-refractivity contribution in [2.75, 3.05) is 7.11 Å². The van der Waals surface area contributed by atoms with Crippen LogP contribution in [0.2, 0.25) is 0 Å². The molecule has 1 aliphatic rings. The van der Waals surface area contributed by atoms with Gasteiger partial charge in [-0.2, -0.15) is 0 Å². The highest BCUT2D eigenvalue weighted by Crippen LogP contribution is 2.46. The molecule has 7 heteroatoms. The molecular formula is C30H33F2NO4. The molecule has 0 bridgehead atoms. The van der Waals surface area contributed by atoms with Gasteiger partial charge in [-0.05, 0) is 58.9 Å². The number of aliphatic carboxylic acids is 1. The Balaban J connectivity index is 1.61. The molecule has 0 saturated heterocycles. The number of carbonyl (C=O) groups is 1. The van der Waals surface area contributed by atoms with E-state index in [2.05, 4.69) is 25.8 Å². The number of nitrogens with zero attached hydrogens (tertiary/aromatic N) is 1. The van der Waals surface area contributed by atoms with E-state index in [1.165, 1.54) is 7.11 Å². The van der Waals surface area contributed by atoms with Gasteiger partial charge in [0.05, 0.1) is 19.7 Å². The molecule has 1 fully saturated rings. The van der Waals surface area contributed by atoms with Crippen molar-refractivity contribution < 1.29 is 28.2 Å². The van der Waals surface area contributed by atoms with E-state index in [1.54, 1.807) is 24.3 Å². The van der Waals surface area contributed by atoms with E-state index < -0.39 is 17.6 Å². The summed E-state index contributed by atoms with van der Waals surface area (Å²) in [5, 5.41) is 9.30. The van der Waals surface area contributed by atoms with Gasteiger partial charge in [0.1, 0.15) is 12.4 Å². The van der Waals surface area contributed by atoms with Crippen LogP contribution in [0.15, 0.2) is 48.7 Å². The summed E-state index contributed by atoms with van der Waals surface area (Å²) in [6.45, 7) is 6.44. The van der Waals surface area contributed by atoms with E-state index >= 15 is 4.39 Å². The lowest BCUT2D eigenvalue weighted by molar-refractivity contribution is -0.137. The molecule has 2 aromatic carbocycles. The Morgan fingerprint density at radius 3 is 2.54 bits per heavy atom. The summed E-state index contributed by atoms with van der Waals surface area (Å²) in [6, 6.07) is 12.2. The van der Waals surface area contributed by atoms with Gasteiger partial charge in [-0.15, -0.1) is 0 Å². The van der Waals surface area contributed by atoms with E-state index in [4.69, 9.17) is 9.47 Å². The number of pyridine rings is 1. The molecule has 37 heavy (non-hydrogen) atoms. The second kappa shape index (κ2) is 10.9. The van der Waals surface area contributed by atoms with E-state index in [0.717, 1.165) is 35.7 Å². The first-order valence-electron chi connectivity index (χ1n) is 12.5. The van der Waals surface area contributed by atoms with Crippen molar-refractivity contribution in [1.82, 2.24) is 4.98 Å². The van der Waals surface area contributed by atoms with Crippen LogP contribution in [0.4, 0.5) is 8.78 Å². The summed E-state index contributed by atoms with van der Waals surface area (Å²) in [7, 11) is 1.49. The third-order valence-electron chi connectivity index (χ3n) is 6.59. The maximum absolute atomic E-state index is 15.4. The lowest BCUT2D eigenvalue weighted by Gasteiger charge is -2.22. The standard InChI is InChI=1S/C30H33F2NO4/c1-30(2,3)15-20-12-18(8-11-21(20)24-13-27(36-4)33-16-25(24)31)17-37-26-7-5-6-22(29(26)32)23(14-28(34)35)19-9-10-19/h5-8,11-13,16,19,23H,9-10,14-15,17H2,1-4H3,(H,34,35). The first-order chi connectivity index (χ1) is 17.6. The van der Waals surface area contributed by atoms with Gasteiger partial charge >= 0.3 is 5.97 Å². The maximum Gasteiger partial charge on any atom is 0.303 e. The van der Waals surface area contributed by atoms with Crippen LogP contribution in [0.1, 0.15) is 62.6 Å². The van der Waals surface area contributed by atoms with Crippen LogP contribution in [-0.4, -0.2) is 23.2 Å². The number of rotatable bonds is 10. The summed E-state index contributed by atoms with van der Waals surface area (Å²) < 4.78 is 41.2. The van der Waals surface area contributed by atoms with Crippen molar-refractivity contribution in [3.8, 4) is 22.8 Å². The second-order valence-electron chi connectivity index (χ2n) is 10.9. The van der Waals surface area contributed by atoms with Crippen molar-refractivity contribution in [3.05, 3.63) is 77.0 Å². The van der Waals surface area contributed by atoms with Gasteiger partial charge < -0.3 is 14.6 Å². The maximum atomic E-state index is 15.4. The van der Waals surface area contributed by atoms with Crippen LogP contribution in [-0.2, 0) is 17.8 Å². The molecule has 0 amide bonds. The minimum absolute atomic E-state index is 0.0653. The molecule has 1 atom stereocenters. The highest BCUT2D eigenvalue weighted by Gasteiger charge is 2.35. The smallest absolute Gasteiger partial charge is 0.303 e. The Morgan fingerprint density at radius 1 is 1.14 bits per heavy atom. The third-order valence-corrected chi connectivity index (χ3v) is 6.59. The zero-order chi connectivity index (χ0) is 26.7. The van der Waals surface area contributed by atoms with Crippen LogP contribution in [0.25, 0.3) is 11.1 Å². The van der Waals surface area contributed by atoms with E-state index in [0.29, 0.717) is 23.4 Å². The van der Waals surface area contributed by atoms with Gasteiger partial charge in [-0.3, -0.25) is 4.79 Å². The molecule has 0 spiro atoms. The van der Waals surface area contributed by atoms with Crippen LogP contribution in [0.3, 0.4) is 0 Å². The molecule has 1 N–H and O–H groups in total. The SMILES string of the molecule is COc1cc(-c2ccc(COc3cccc(C(CC(=O)O)C4CC4)c3F)cc2CC(C)(C)C)c(F)cn1. The van der Waals surface area contributed by atoms with Crippen molar-refractivity contribution in [3.63, 3.8) is 0 Å². The van der Waals surface area contributed by atoms with Crippen LogP contribution < -0.4 is 9.47 Å². The number of ether oxygens (including phenoxy) is 2. The first kappa shape index (κ1) is 26.6. The highest BCUT2D eigenvalue weighted by molar-refractivity contribution is 5.69. The number of benzene rings is 2. The summed E-state index contributed by atoms with van der Waals surface area (Å²) in [5.41, 5.74) is 3.23. The Hall–Kier alpha value is -3.48. The van der Waals surface area contributed by atoms with Gasteiger partial charge in [-0.1, -0.05) is 51.1 Å². The van der Waals surface area contributed by atoms with Crippen molar-refractivity contribution in [2.24, 2.45) is 11.3 Å². The van der Waals surface area contributed by atoms with Crippen molar-refractivity contribution in [1.29, 1.82) is 0 Å². The molecule has 0 radical (unpaired) electrons. The average molecular weight is 510 g/mol. The summed E-state index contributed by atoms with van der Waals surface area (Å²) >= 11 is 0. The lowest BCUT2D eigenvalue weighted by Crippen LogP contribution is -2.12. The number of carboxylic acids is 1. The van der Waals surface area contributed by atoms with Crippen LogP contribution >= 0.6 is 0 Å². The summed E-state index contributed by atoms with van der Waals surface area (Å²) in [6.07, 6.45) is 3.56. The summed E-state index contributed by atoms with van der Waals surface area (Å²) in [4.78, 5) is 15.3. The van der Waals surface area contributed by atoms with Gasteiger partial charge in [0, 0.05) is 17.5 Å². The van der Waals surface area contributed by atoms with E-state index in [1.807, 2.05) is 18.2 Å². The normalized spacial score (nSPS) is 14.3. The fraction of sp³-hybridized carbons (Fsp3) is 0.400. The molecular weight excluding hydrogens is 476 g/mol. The average Bonchev–Trinajstić information content (AvgIpc) is 3.67. The molecule has 196 valence electrons. The molecule has 3 aromatic rings. The fourth-order valence-corrected chi connectivity index (χ4v) is 4.76. The molecule has 1 aliphatic carbocycles. The van der Waals surface area contributed by atoms with Gasteiger partial charge in [0.25, 0.3) is 0 Å². The third kappa shape index (κ3) is 6.64. The number of methoxy groups -OCH3 is 1. The number of halogens is 2. The molecule has 1 unspecified atom stereocenters. The van der Waals surface area contributed by atoms with Gasteiger partial charge in [-0.25, -0.2) is 13.8 Å². The van der Waals surface area contributed by atoms with Crippen molar-refractivity contribution >= 4 is 5.97 Å². The van der Waals surface area contributed by atoms with Crippen LogP contribution in [0, 0.1) is 23.0 Å². The second-order valence-corrected chi connectivity index (χ2v) is 10.9. The largest absolute Gasteiger partial charge is 0.486 e. The Morgan fingerprint density at radius 2 is 1.89 bits per heavy atom. The predicted octanol–water partition coefficient (Wildman–Crippen LogP) is 7.17. The minimum atomic E-state index is -0.933. The molecule has 1 saturated carbocycles. The highest BCUT2D eigenvalue weighted by atomic mass is 19.1. The topological polar surface area (TPSA) is 68.7 Å². The zero-order valence-electron chi connectivity index (χ0n) is 21.7. The fourth-order valence-electron chi connectivity index (χ4n) is 4.76. The number of carboxylic acid groups (broad SMARTS) is 1. The zero-order valence-corrected chi connectivity index (χ0v) is 21.7. The molecule has 4 rings (SSSR count). The van der Waals surface area contributed by atoms with Gasteiger partial charge in [0.2, 0.25) is 5.88 Å². The van der Waals surface area contributed by atoms with Gasteiger partial charge in [0.15, 0.2) is 11.6 Å². The van der Waals surface area contributed by atoms with Crippen molar-refractivity contribution in [2.45, 2.75) is 59.0 Å². The monoisotopic (exact) mass is 509 g/mol. The minimum Gasteiger partial charge on any atom is -0.486 e. The molecule has 1 heterocycles. The molecule has 1 aromatic heterocycles. The van der Waals surface area contributed by atoms with E-state index in [9.17, 15) is 14.3 Å². The predicted molar refractivity (Wildman–Crippen MR) is 138 cm³/mol.